The van der Waals surface area contributed by atoms with Crippen molar-refractivity contribution in [3.63, 3.8) is 0 Å². The average molecular weight is 327 g/mol. The monoisotopic (exact) mass is 326 g/mol. The predicted octanol–water partition coefficient (Wildman–Crippen LogP) is 4.14. The molecule has 0 aromatic heterocycles. The summed E-state index contributed by atoms with van der Waals surface area (Å²) in [6.45, 7) is 5.80. The Balaban J connectivity index is 2.02. The average Bonchev–Trinajstić information content (AvgIpc) is 2.62. The fourth-order valence-corrected chi connectivity index (χ4v) is 4.10. The van der Waals surface area contributed by atoms with E-state index in [1.807, 2.05) is 6.07 Å². The van der Waals surface area contributed by atoms with Crippen LogP contribution < -0.4 is 5.19 Å². The Hall–Kier alpha value is -1.68. The Kier molecular flexibility index (Phi) is 7.80. The van der Waals surface area contributed by atoms with Crippen molar-refractivity contribution in [1.82, 2.24) is 0 Å². The molecule has 23 heavy (non-hydrogen) atoms. The van der Waals surface area contributed by atoms with Crippen LogP contribution in [0.15, 0.2) is 54.6 Å². The molecule has 3 heteroatoms. The van der Waals surface area contributed by atoms with Crippen LogP contribution in [0.4, 0.5) is 0 Å². The van der Waals surface area contributed by atoms with Crippen molar-refractivity contribution in [3.05, 3.63) is 65.7 Å². The zero-order valence-electron chi connectivity index (χ0n) is 14.1. The minimum atomic E-state index is -1.75. The first-order valence-corrected chi connectivity index (χ1v) is 9.91. The Morgan fingerprint density at radius 1 is 0.739 bits per heavy atom. The zero-order chi connectivity index (χ0) is 16.3. The molecule has 0 radical (unpaired) electrons. The van der Waals surface area contributed by atoms with Crippen LogP contribution in [0.3, 0.4) is 0 Å². The van der Waals surface area contributed by atoms with E-state index in [0.717, 1.165) is 26.1 Å². The number of benzene rings is 2. The Bertz CT molecular complexity index is 570. The molecule has 0 N–H and O–H groups in total. The molecule has 0 spiro atoms. The van der Waals surface area contributed by atoms with Crippen molar-refractivity contribution in [2.45, 2.75) is 26.7 Å². The van der Waals surface area contributed by atoms with Gasteiger partial charge in [0.05, 0.1) is 0 Å². The van der Waals surface area contributed by atoms with Gasteiger partial charge in [0, 0.05) is 13.2 Å². The number of rotatable bonds is 9. The van der Waals surface area contributed by atoms with Crippen molar-refractivity contribution in [2.75, 3.05) is 13.2 Å². The van der Waals surface area contributed by atoms with E-state index >= 15 is 0 Å². The van der Waals surface area contributed by atoms with Crippen molar-refractivity contribution in [2.24, 2.45) is 0 Å². The highest BCUT2D eigenvalue weighted by atomic mass is 28.3. The molecule has 2 rings (SSSR count). The minimum Gasteiger partial charge on any atom is -0.393 e. The third-order valence-electron chi connectivity index (χ3n) is 3.42. The molecule has 0 unspecified atom stereocenters. The standard InChI is InChI=1S/C20H26O2Si/c1-3-16-21-23(22-17-4-2)20-14-12-19(13-15-20)11-10-18-8-6-5-7-9-18/h5-15,23H,3-4,16-17H2,1-2H3. The molecule has 0 amide bonds. The van der Waals surface area contributed by atoms with Crippen LogP contribution in [0, 0.1) is 0 Å². The van der Waals surface area contributed by atoms with Gasteiger partial charge >= 0.3 is 9.28 Å². The number of hydrogen-bond donors (Lipinski definition) is 0. The van der Waals surface area contributed by atoms with E-state index in [1.54, 1.807) is 0 Å². The summed E-state index contributed by atoms with van der Waals surface area (Å²) in [7, 11) is -1.75. The minimum absolute atomic E-state index is 0.774. The van der Waals surface area contributed by atoms with Crippen molar-refractivity contribution >= 4 is 26.6 Å². The summed E-state index contributed by atoms with van der Waals surface area (Å²) in [5.74, 6) is 0. The summed E-state index contributed by atoms with van der Waals surface area (Å²) in [6, 6.07) is 18.9. The van der Waals surface area contributed by atoms with E-state index in [4.69, 9.17) is 8.85 Å². The summed E-state index contributed by atoms with van der Waals surface area (Å²) in [5, 5.41) is 1.21. The molecule has 0 aliphatic carbocycles. The summed E-state index contributed by atoms with van der Waals surface area (Å²) in [6.07, 6.45) is 6.31. The molecule has 0 heterocycles. The maximum absolute atomic E-state index is 5.95. The first-order valence-electron chi connectivity index (χ1n) is 8.39. The lowest BCUT2D eigenvalue weighted by molar-refractivity contribution is 0.207. The quantitative estimate of drug-likeness (QED) is 0.509. The Labute approximate surface area is 141 Å². The predicted molar refractivity (Wildman–Crippen MR) is 101 cm³/mol. The second-order valence-electron chi connectivity index (χ2n) is 5.48. The van der Waals surface area contributed by atoms with E-state index in [9.17, 15) is 0 Å². The van der Waals surface area contributed by atoms with Crippen LogP contribution in [0.2, 0.25) is 0 Å². The van der Waals surface area contributed by atoms with E-state index < -0.39 is 9.28 Å². The van der Waals surface area contributed by atoms with Crippen molar-refractivity contribution in [3.8, 4) is 0 Å². The van der Waals surface area contributed by atoms with Crippen LogP contribution in [0.25, 0.3) is 12.2 Å². The van der Waals surface area contributed by atoms with Crippen molar-refractivity contribution in [1.29, 1.82) is 0 Å². The molecule has 122 valence electrons. The largest absolute Gasteiger partial charge is 0.393 e. The van der Waals surface area contributed by atoms with Gasteiger partial charge in [0.1, 0.15) is 0 Å². The van der Waals surface area contributed by atoms with E-state index in [2.05, 4.69) is 74.5 Å². The summed E-state index contributed by atoms with van der Waals surface area (Å²) in [5.41, 5.74) is 2.40. The topological polar surface area (TPSA) is 18.5 Å². The van der Waals surface area contributed by atoms with Gasteiger partial charge in [-0.2, -0.15) is 0 Å². The van der Waals surface area contributed by atoms with Gasteiger partial charge in [0.15, 0.2) is 0 Å². The fraction of sp³-hybridized carbons (Fsp3) is 0.300. The van der Waals surface area contributed by atoms with Gasteiger partial charge in [-0.25, -0.2) is 0 Å². The second-order valence-corrected chi connectivity index (χ2v) is 7.48. The smallest absolute Gasteiger partial charge is 0.355 e. The van der Waals surface area contributed by atoms with Gasteiger partial charge < -0.3 is 8.85 Å². The molecule has 0 fully saturated rings. The van der Waals surface area contributed by atoms with Crippen LogP contribution in [0.1, 0.15) is 37.8 Å². The molecular formula is C20H26O2Si. The molecular weight excluding hydrogens is 300 g/mol. The number of hydrogen-bond acceptors (Lipinski definition) is 2. The first kappa shape index (κ1) is 17.7. The Morgan fingerprint density at radius 3 is 1.78 bits per heavy atom. The Morgan fingerprint density at radius 2 is 1.26 bits per heavy atom. The van der Waals surface area contributed by atoms with Crippen LogP contribution >= 0.6 is 0 Å². The SMILES string of the molecule is CCCO[SiH](OCCC)c1ccc(C=Cc2ccccc2)cc1. The van der Waals surface area contributed by atoms with Gasteiger partial charge in [0.2, 0.25) is 0 Å². The van der Waals surface area contributed by atoms with Gasteiger partial charge in [0.25, 0.3) is 0 Å². The molecule has 2 aromatic rings. The van der Waals surface area contributed by atoms with Gasteiger partial charge in [-0.05, 0) is 29.2 Å². The summed E-state index contributed by atoms with van der Waals surface area (Å²) in [4.78, 5) is 0. The highest BCUT2D eigenvalue weighted by Gasteiger charge is 2.15. The van der Waals surface area contributed by atoms with Gasteiger partial charge in [-0.15, -0.1) is 0 Å². The molecule has 0 saturated heterocycles. The fourth-order valence-electron chi connectivity index (χ4n) is 2.21. The molecule has 0 saturated carbocycles. The normalized spacial score (nSPS) is 11.4. The van der Waals surface area contributed by atoms with Crippen LogP contribution in [-0.2, 0) is 8.85 Å². The highest BCUT2D eigenvalue weighted by Crippen LogP contribution is 2.07. The lowest BCUT2D eigenvalue weighted by Gasteiger charge is -2.16. The molecule has 2 aromatic carbocycles. The third-order valence-corrected chi connectivity index (χ3v) is 5.43. The molecule has 0 bridgehead atoms. The van der Waals surface area contributed by atoms with E-state index in [0.29, 0.717) is 0 Å². The van der Waals surface area contributed by atoms with E-state index in [-0.39, 0.29) is 0 Å². The van der Waals surface area contributed by atoms with E-state index in [1.165, 1.54) is 16.3 Å². The molecule has 0 aliphatic rings. The zero-order valence-corrected chi connectivity index (χ0v) is 15.2. The van der Waals surface area contributed by atoms with Gasteiger partial charge in [-0.3, -0.25) is 0 Å². The van der Waals surface area contributed by atoms with Crippen LogP contribution in [0.5, 0.6) is 0 Å². The summed E-state index contributed by atoms with van der Waals surface area (Å²) >= 11 is 0. The van der Waals surface area contributed by atoms with Crippen molar-refractivity contribution < 1.29 is 8.85 Å². The third kappa shape index (κ3) is 6.14. The molecule has 2 nitrogen and oxygen atoms in total. The maximum Gasteiger partial charge on any atom is 0.355 e. The van der Waals surface area contributed by atoms with Crippen LogP contribution in [-0.4, -0.2) is 22.5 Å². The first-order chi connectivity index (χ1) is 11.3. The maximum atomic E-state index is 5.95. The lowest BCUT2D eigenvalue weighted by atomic mass is 10.1. The molecule has 0 atom stereocenters. The molecule has 0 aliphatic heterocycles. The second kappa shape index (κ2) is 10.2. The summed E-state index contributed by atoms with van der Waals surface area (Å²) < 4.78 is 11.9. The van der Waals surface area contributed by atoms with Gasteiger partial charge in [-0.1, -0.05) is 80.6 Å². The highest BCUT2D eigenvalue weighted by molar-refractivity contribution is 6.61. The lowest BCUT2D eigenvalue weighted by Crippen LogP contribution is -2.37.